The Balaban J connectivity index is 1.68. The molecule has 1 heterocycles. The zero-order valence-electron chi connectivity index (χ0n) is 16.5. The predicted octanol–water partition coefficient (Wildman–Crippen LogP) is 3.59. The Morgan fingerprint density at radius 1 is 1.10 bits per heavy atom. The highest BCUT2D eigenvalue weighted by Crippen LogP contribution is 2.24. The number of carbonyl (C=O) groups excluding carboxylic acids is 2. The summed E-state index contributed by atoms with van der Waals surface area (Å²) in [5, 5.41) is 5.80. The minimum absolute atomic E-state index is 0.0664. The van der Waals surface area contributed by atoms with E-state index in [4.69, 9.17) is 9.47 Å². The molecule has 0 bridgehead atoms. The fourth-order valence-corrected chi connectivity index (χ4v) is 4.06. The van der Waals surface area contributed by atoms with Gasteiger partial charge in [0.1, 0.15) is 0 Å². The molecule has 2 amide bonds. The van der Waals surface area contributed by atoms with E-state index in [2.05, 4.69) is 10.6 Å². The molecular weight excluding hydrogens is 388 g/mol. The third kappa shape index (κ3) is 6.06. The van der Waals surface area contributed by atoms with Gasteiger partial charge in [0.25, 0.3) is 11.8 Å². The van der Waals surface area contributed by atoms with Crippen molar-refractivity contribution in [2.24, 2.45) is 0 Å². The third-order valence-corrected chi connectivity index (χ3v) is 5.65. The second-order valence-corrected chi connectivity index (χ2v) is 7.82. The van der Waals surface area contributed by atoms with Crippen molar-refractivity contribution in [2.45, 2.75) is 23.8 Å². The lowest BCUT2D eigenvalue weighted by molar-refractivity contribution is 0.0858. The summed E-state index contributed by atoms with van der Waals surface area (Å²) < 4.78 is 10.6. The number of anilines is 1. The molecule has 29 heavy (non-hydrogen) atoms. The largest absolute Gasteiger partial charge is 0.384 e. The van der Waals surface area contributed by atoms with Crippen LogP contribution in [0.5, 0.6) is 0 Å². The first-order valence-corrected chi connectivity index (χ1v) is 10.7. The molecule has 1 fully saturated rings. The van der Waals surface area contributed by atoms with Crippen LogP contribution in [0.25, 0.3) is 0 Å². The number of methoxy groups -OCH3 is 1. The topological polar surface area (TPSA) is 76.7 Å². The maximum atomic E-state index is 12.9. The summed E-state index contributed by atoms with van der Waals surface area (Å²) in [6.07, 6.45) is 2.04. The number of hydrogen-bond acceptors (Lipinski definition) is 5. The van der Waals surface area contributed by atoms with Crippen molar-refractivity contribution in [1.82, 2.24) is 5.32 Å². The van der Waals surface area contributed by atoms with E-state index in [-0.39, 0.29) is 17.9 Å². The standard InChI is InChI=1S/C22H26N2O4S/c1-27-13-14-29-20-11-5-3-9-18(20)22(26)24-19-10-4-2-8-17(19)21(25)23-15-16-7-6-12-28-16/h2-5,8-11,16H,6-7,12-15H2,1H3,(H,23,25)(H,24,26)/t16-/m1/s1. The van der Waals surface area contributed by atoms with E-state index in [1.54, 1.807) is 49.2 Å². The fraction of sp³-hybridized carbons (Fsp3) is 0.364. The molecule has 0 spiro atoms. The number of para-hydroxylation sites is 1. The van der Waals surface area contributed by atoms with Crippen molar-refractivity contribution in [3.63, 3.8) is 0 Å². The lowest BCUT2D eigenvalue weighted by Crippen LogP contribution is -2.32. The minimum atomic E-state index is -0.245. The normalized spacial score (nSPS) is 15.8. The Kier molecular flexibility index (Phi) is 8.10. The van der Waals surface area contributed by atoms with E-state index in [1.165, 1.54) is 0 Å². The maximum absolute atomic E-state index is 12.9. The second kappa shape index (κ2) is 11.0. The molecule has 7 heteroatoms. The fourth-order valence-electron chi connectivity index (χ4n) is 3.10. The number of carbonyl (C=O) groups is 2. The number of rotatable bonds is 9. The molecule has 1 atom stereocenters. The number of thioether (sulfide) groups is 1. The van der Waals surface area contributed by atoms with E-state index in [0.717, 1.165) is 30.1 Å². The Hall–Kier alpha value is -2.35. The molecule has 0 radical (unpaired) electrons. The summed E-state index contributed by atoms with van der Waals surface area (Å²) in [5.74, 6) is 0.285. The van der Waals surface area contributed by atoms with Gasteiger partial charge < -0.3 is 20.1 Å². The van der Waals surface area contributed by atoms with Gasteiger partial charge in [0, 0.05) is 30.9 Å². The van der Waals surface area contributed by atoms with Crippen LogP contribution in [-0.2, 0) is 9.47 Å². The average Bonchev–Trinajstić information content (AvgIpc) is 3.26. The van der Waals surface area contributed by atoms with Crippen molar-refractivity contribution in [1.29, 1.82) is 0 Å². The number of benzene rings is 2. The molecule has 1 saturated heterocycles. The summed E-state index contributed by atoms with van der Waals surface area (Å²) >= 11 is 1.56. The minimum Gasteiger partial charge on any atom is -0.384 e. The molecule has 2 aromatic carbocycles. The highest BCUT2D eigenvalue weighted by atomic mass is 32.2. The monoisotopic (exact) mass is 414 g/mol. The van der Waals surface area contributed by atoms with Crippen LogP contribution in [0.15, 0.2) is 53.4 Å². The molecule has 154 valence electrons. The van der Waals surface area contributed by atoms with Crippen molar-refractivity contribution < 1.29 is 19.1 Å². The second-order valence-electron chi connectivity index (χ2n) is 6.68. The zero-order valence-corrected chi connectivity index (χ0v) is 17.3. The molecule has 2 N–H and O–H groups in total. The highest BCUT2D eigenvalue weighted by molar-refractivity contribution is 7.99. The SMILES string of the molecule is COCCSc1ccccc1C(=O)Nc1ccccc1C(=O)NC[C@H]1CCCO1. The van der Waals surface area contributed by atoms with Crippen molar-refractivity contribution in [3.8, 4) is 0 Å². The summed E-state index contributed by atoms with van der Waals surface area (Å²) in [5.41, 5.74) is 1.49. The van der Waals surface area contributed by atoms with E-state index < -0.39 is 0 Å². The van der Waals surface area contributed by atoms with Crippen LogP contribution < -0.4 is 10.6 Å². The molecule has 0 aliphatic carbocycles. The van der Waals surface area contributed by atoms with Gasteiger partial charge in [-0.15, -0.1) is 11.8 Å². The molecule has 0 aromatic heterocycles. The Morgan fingerprint density at radius 2 is 1.86 bits per heavy atom. The quantitative estimate of drug-likeness (QED) is 0.484. The molecule has 1 aliphatic rings. The first-order valence-electron chi connectivity index (χ1n) is 9.70. The first-order chi connectivity index (χ1) is 14.2. The Morgan fingerprint density at radius 3 is 2.62 bits per heavy atom. The predicted molar refractivity (Wildman–Crippen MR) is 115 cm³/mol. The van der Waals surface area contributed by atoms with E-state index in [1.807, 2.05) is 18.2 Å². The van der Waals surface area contributed by atoms with Crippen LogP contribution in [0.1, 0.15) is 33.6 Å². The lowest BCUT2D eigenvalue weighted by Gasteiger charge is -2.14. The Labute approximate surface area is 175 Å². The molecule has 2 aromatic rings. The molecular formula is C22H26N2O4S. The van der Waals surface area contributed by atoms with Gasteiger partial charge in [0.15, 0.2) is 0 Å². The number of nitrogens with one attached hydrogen (secondary N) is 2. The Bertz CT molecular complexity index is 837. The molecule has 1 aliphatic heterocycles. The summed E-state index contributed by atoms with van der Waals surface area (Å²) in [7, 11) is 1.65. The molecule has 0 unspecified atom stereocenters. The summed E-state index contributed by atoms with van der Waals surface area (Å²) in [4.78, 5) is 26.4. The van der Waals surface area contributed by atoms with Crippen LogP contribution in [0.3, 0.4) is 0 Å². The van der Waals surface area contributed by atoms with Gasteiger partial charge in [0.05, 0.1) is 29.5 Å². The summed E-state index contributed by atoms with van der Waals surface area (Å²) in [6.45, 7) is 1.82. The molecule has 6 nitrogen and oxygen atoms in total. The van der Waals surface area contributed by atoms with Crippen LogP contribution in [0.2, 0.25) is 0 Å². The molecule has 0 saturated carbocycles. The van der Waals surface area contributed by atoms with Gasteiger partial charge >= 0.3 is 0 Å². The van der Waals surface area contributed by atoms with Gasteiger partial charge in [-0.25, -0.2) is 0 Å². The smallest absolute Gasteiger partial charge is 0.256 e. The summed E-state index contributed by atoms with van der Waals surface area (Å²) in [6, 6.07) is 14.4. The molecule has 3 rings (SSSR count). The van der Waals surface area contributed by atoms with Crippen molar-refractivity contribution in [2.75, 3.05) is 37.9 Å². The van der Waals surface area contributed by atoms with E-state index >= 15 is 0 Å². The van der Waals surface area contributed by atoms with E-state index in [0.29, 0.717) is 30.0 Å². The van der Waals surface area contributed by atoms with Crippen molar-refractivity contribution in [3.05, 3.63) is 59.7 Å². The van der Waals surface area contributed by atoms with Gasteiger partial charge in [0.2, 0.25) is 0 Å². The highest BCUT2D eigenvalue weighted by Gasteiger charge is 2.19. The number of amides is 2. The average molecular weight is 415 g/mol. The maximum Gasteiger partial charge on any atom is 0.256 e. The van der Waals surface area contributed by atoms with Crippen LogP contribution in [-0.4, -0.2) is 50.5 Å². The van der Waals surface area contributed by atoms with Crippen molar-refractivity contribution >= 4 is 29.3 Å². The van der Waals surface area contributed by atoms with E-state index in [9.17, 15) is 9.59 Å². The zero-order chi connectivity index (χ0) is 20.5. The number of hydrogen-bond donors (Lipinski definition) is 2. The number of ether oxygens (including phenoxy) is 2. The van der Waals surface area contributed by atoms with Gasteiger partial charge in [-0.2, -0.15) is 0 Å². The van der Waals surface area contributed by atoms with Gasteiger partial charge in [-0.1, -0.05) is 24.3 Å². The first kappa shape index (κ1) is 21.4. The lowest BCUT2D eigenvalue weighted by atomic mass is 10.1. The van der Waals surface area contributed by atoms with Gasteiger partial charge in [-0.05, 0) is 37.1 Å². The third-order valence-electron chi connectivity index (χ3n) is 4.61. The van der Waals surface area contributed by atoms with Gasteiger partial charge in [-0.3, -0.25) is 9.59 Å². The van der Waals surface area contributed by atoms with Crippen LogP contribution >= 0.6 is 11.8 Å². The van der Waals surface area contributed by atoms with Crippen LogP contribution in [0.4, 0.5) is 5.69 Å². The van der Waals surface area contributed by atoms with Crippen LogP contribution in [0, 0.1) is 0 Å².